The van der Waals surface area contributed by atoms with Crippen molar-refractivity contribution in [2.45, 2.75) is 51.1 Å². The van der Waals surface area contributed by atoms with Gasteiger partial charge in [-0.2, -0.15) is 10.2 Å². The van der Waals surface area contributed by atoms with Crippen LogP contribution >= 0.6 is 0 Å². The molecule has 176 valence electrons. The average Bonchev–Trinajstić information content (AvgIpc) is 3.62. The number of nitriles is 1. The average molecular weight is 467 g/mol. The van der Waals surface area contributed by atoms with Gasteiger partial charge in [-0.15, -0.1) is 0 Å². The van der Waals surface area contributed by atoms with E-state index in [4.69, 9.17) is 9.97 Å². The highest BCUT2D eigenvalue weighted by Gasteiger charge is 2.46. The predicted molar refractivity (Wildman–Crippen MR) is 133 cm³/mol. The Labute approximate surface area is 202 Å². The molecule has 0 atom stereocenters. The number of nitrogens with one attached hydrogen (secondary N) is 2. The summed E-state index contributed by atoms with van der Waals surface area (Å²) in [5, 5.41) is 16.8. The van der Waals surface area contributed by atoms with Crippen LogP contribution in [0.3, 0.4) is 0 Å². The molecular weight excluding hydrogens is 440 g/mol. The van der Waals surface area contributed by atoms with Crippen LogP contribution in [0.1, 0.15) is 49.6 Å². The smallest absolute Gasteiger partial charge is 0.278 e. The number of hydrogen-bond acceptors (Lipinski definition) is 7. The van der Waals surface area contributed by atoms with Gasteiger partial charge in [0.25, 0.3) is 5.56 Å². The number of anilines is 2. The largest absolute Gasteiger partial charge is 0.324 e. The van der Waals surface area contributed by atoms with Crippen LogP contribution in [-0.2, 0) is 18.4 Å². The molecule has 1 aliphatic heterocycles. The fraction of sp³-hybridized carbons (Fsp3) is 0.346. The second-order valence-electron chi connectivity index (χ2n) is 9.60. The summed E-state index contributed by atoms with van der Waals surface area (Å²) < 4.78 is 3.40. The molecular formula is C26H26N8O. The molecule has 0 spiro atoms. The minimum absolute atomic E-state index is 0.126. The third kappa shape index (κ3) is 3.58. The molecule has 35 heavy (non-hydrogen) atoms. The van der Waals surface area contributed by atoms with E-state index in [0.29, 0.717) is 22.8 Å². The molecule has 0 saturated heterocycles. The second kappa shape index (κ2) is 8.03. The van der Waals surface area contributed by atoms with Crippen molar-refractivity contribution in [2.24, 2.45) is 0 Å². The Kier molecular flexibility index (Phi) is 4.93. The number of pyridine rings is 1. The predicted octanol–water partition coefficient (Wildman–Crippen LogP) is 3.50. The van der Waals surface area contributed by atoms with Gasteiger partial charge in [-0.05, 0) is 75.0 Å². The Morgan fingerprint density at radius 3 is 2.80 bits per heavy atom. The van der Waals surface area contributed by atoms with Crippen molar-refractivity contribution in [1.29, 1.82) is 5.26 Å². The molecule has 0 unspecified atom stereocenters. The van der Waals surface area contributed by atoms with Crippen LogP contribution < -0.4 is 16.2 Å². The molecule has 3 aromatic heterocycles. The van der Waals surface area contributed by atoms with E-state index in [0.717, 1.165) is 43.7 Å². The first-order valence-corrected chi connectivity index (χ1v) is 12.0. The zero-order chi connectivity index (χ0) is 24.2. The summed E-state index contributed by atoms with van der Waals surface area (Å²) in [4.78, 5) is 27.3. The van der Waals surface area contributed by atoms with Crippen LogP contribution in [0.2, 0.25) is 0 Å². The number of rotatable bonds is 5. The van der Waals surface area contributed by atoms with Gasteiger partial charge in [0.2, 0.25) is 5.95 Å². The molecule has 4 aromatic rings. The molecule has 1 saturated carbocycles. The summed E-state index contributed by atoms with van der Waals surface area (Å²) in [5.41, 5.74) is 4.05. The second-order valence-corrected chi connectivity index (χ2v) is 9.60. The van der Waals surface area contributed by atoms with Gasteiger partial charge in [0.15, 0.2) is 11.5 Å². The lowest BCUT2D eigenvalue weighted by molar-refractivity contribution is 0.471. The van der Waals surface area contributed by atoms with Crippen LogP contribution in [0.5, 0.6) is 0 Å². The zero-order valence-electron chi connectivity index (χ0n) is 19.7. The normalized spacial score (nSPS) is 16.2. The molecule has 1 fully saturated rings. The van der Waals surface area contributed by atoms with E-state index in [9.17, 15) is 10.1 Å². The molecule has 2 N–H and O–H groups in total. The van der Waals surface area contributed by atoms with E-state index in [-0.39, 0.29) is 11.6 Å². The Balaban J connectivity index is 1.46. The van der Waals surface area contributed by atoms with Crippen molar-refractivity contribution >= 4 is 22.7 Å². The summed E-state index contributed by atoms with van der Waals surface area (Å²) in [6.07, 6.45) is 4.16. The van der Waals surface area contributed by atoms with Crippen molar-refractivity contribution in [3.05, 3.63) is 69.8 Å². The molecule has 1 aromatic carbocycles. The molecule has 4 heterocycles. The number of hydrogen-bond donors (Lipinski definition) is 2. The summed E-state index contributed by atoms with van der Waals surface area (Å²) in [5.74, 6) is 0.976. The maximum atomic E-state index is 13.3. The lowest BCUT2D eigenvalue weighted by Gasteiger charge is -2.18. The van der Waals surface area contributed by atoms with E-state index < -0.39 is 5.41 Å². The Morgan fingerprint density at radius 1 is 1.17 bits per heavy atom. The maximum Gasteiger partial charge on any atom is 0.278 e. The van der Waals surface area contributed by atoms with Gasteiger partial charge in [0.05, 0.1) is 17.2 Å². The van der Waals surface area contributed by atoms with Crippen LogP contribution in [0.15, 0.2) is 47.4 Å². The minimum Gasteiger partial charge on any atom is -0.324 e. The highest BCUT2D eigenvalue weighted by molar-refractivity contribution is 5.77. The van der Waals surface area contributed by atoms with Gasteiger partial charge in [-0.3, -0.25) is 4.79 Å². The van der Waals surface area contributed by atoms with E-state index in [1.54, 1.807) is 15.6 Å². The summed E-state index contributed by atoms with van der Waals surface area (Å²) in [6.45, 7) is 5.75. The van der Waals surface area contributed by atoms with Crippen molar-refractivity contribution in [3.8, 4) is 11.9 Å². The number of nitrogens with zero attached hydrogens (tertiary/aromatic N) is 6. The molecule has 9 nitrogen and oxygen atoms in total. The van der Waals surface area contributed by atoms with Gasteiger partial charge >= 0.3 is 0 Å². The quantitative estimate of drug-likeness (QED) is 0.463. The summed E-state index contributed by atoms with van der Waals surface area (Å²) in [7, 11) is 0. The number of benzene rings is 1. The van der Waals surface area contributed by atoms with E-state index in [2.05, 4.69) is 33.8 Å². The van der Waals surface area contributed by atoms with Crippen LogP contribution in [0.4, 0.5) is 11.6 Å². The zero-order valence-corrected chi connectivity index (χ0v) is 19.7. The van der Waals surface area contributed by atoms with E-state index in [1.165, 1.54) is 11.1 Å². The Bertz CT molecular complexity index is 1550. The first kappa shape index (κ1) is 21.5. The van der Waals surface area contributed by atoms with Gasteiger partial charge < -0.3 is 10.6 Å². The highest BCUT2D eigenvalue weighted by atomic mass is 16.1. The number of fused-ring (bicyclic) bond motifs is 2. The highest BCUT2D eigenvalue weighted by Crippen LogP contribution is 2.46. The standard InChI is InChI=1S/C26H26N8O/c1-16(2)33-24(35)20-14-29-25(30-19-7-6-18-13-28-11-8-17(18)12-19)32-23(20)34(33)22-5-3-4-21(31-22)26(15-27)9-10-26/h3-7,12,14,16,28H,8-11,13H2,1-2H3,(H,29,30,32). The van der Waals surface area contributed by atoms with Crippen molar-refractivity contribution in [3.63, 3.8) is 0 Å². The molecule has 1 aliphatic carbocycles. The summed E-state index contributed by atoms with van der Waals surface area (Å²) in [6, 6.07) is 14.2. The van der Waals surface area contributed by atoms with Crippen molar-refractivity contribution in [1.82, 2.24) is 29.6 Å². The lowest BCUT2D eigenvalue weighted by atomic mass is 10.0. The van der Waals surface area contributed by atoms with Crippen molar-refractivity contribution < 1.29 is 0 Å². The first-order valence-electron chi connectivity index (χ1n) is 12.0. The minimum atomic E-state index is -0.522. The maximum absolute atomic E-state index is 13.3. The first-order chi connectivity index (χ1) is 17.0. The van der Waals surface area contributed by atoms with Gasteiger partial charge in [-0.1, -0.05) is 12.1 Å². The monoisotopic (exact) mass is 466 g/mol. The van der Waals surface area contributed by atoms with Crippen LogP contribution in [0.25, 0.3) is 16.9 Å². The van der Waals surface area contributed by atoms with E-state index >= 15 is 0 Å². The van der Waals surface area contributed by atoms with Crippen LogP contribution in [0, 0.1) is 11.3 Å². The third-order valence-corrected chi connectivity index (χ3v) is 6.87. The summed E-state index contributed by atoms with van der Waals surface area (Å²) >= 11 is 0. The topological polar surface area (TPSA) is 113 Å². The van der Waals surface area contributed by atoms with Gasteiger partial charge in [0.1, 0.15) is 5.39 Å². The van der Waals surface area contributed by atoms with Gasteiger partial charge in [0, 0.05) is 24.5 Å². The Hall–Kier alpha value is -4.03. The SMILES string of the molecule is CC(C)n1c(=O)c2cnc(Nc3ccc4c(c3)CCNC4)nc2n1-c1cccc(C2(C#N)CC2)n1. The molecule has 6 rings (SSSR count). The third-order valence-electron chi connectivity index (χ3n) is 6.87. The van der Waals surface area contributed by atoms with Crippen molar-refractivity contribution in [2.75, 3.05) is 11.9 Å². The van der Waals surface area contributed by atoms with E-state index in [1.807, 2.05) is 38.1 Å². The Morgan fingerprint density at radius 2 is 2.03 bits per heavy atom. The molecule has 2 aliphatic rings. The molecule has 0 radical (unpaired) electrons. The fourth-order valence-corrected chi connectivity index (χ4v) is 4.79. The van der Waals surface area contributed by atoms with Gasteiger partial charge in [-0.25, -0.2) is 19.3 Å². The lowest BCUT2D eigenvalue weighted by Crippen LogP contribution is -2.25. The molecule has 9 heteroatoms. The number of aromatic nitrogens is 5. The fourth-order valence-electron chi connectivity index (χ4n) is 4.79. The molecule has 0 bridgehead atoms. The molecule has 0 amide bonds. The van der Waals surface area contributed by atoms with Crippen LogP contribution in [-0.4, -0.2) is 30.9 Å².